The second-order valence-corrected chi connectivity index (χ2v) is 5.07. The number of rotatable bonds is 3. The third-order valence-electron chi connectivity index (χ3n) is 2.18. The van der Waals surface area contributed by atoms with Crippen molar-refractivity contribution in [3.05, 3.63) is 29.0 Å². The van der Waals surface area contributed by atoms with Gasteiger partial charge in [-0.05, 0) is 25.1 Å². The fourth-order valence-corrected chi connectivity index (χ4v) is 2.26. The first-order valence-corrected chi connectivity index (χ1v) is 6.18. The van der Waals surface area contributed by atoms with Crippen molar-refractivity contribution in [3.63, 3.8) is 0 Å². The molecule has 90 valence electrons. The zero-order valence-corrected chi connectivity index (χ0v) is 10.8. The van der Waals surface area contributed by atoms with Gasteiger partial charge in [0.05, 0.1) is 12.5 Å². The molecule has 0 fully saturated rings. The van der Waals surface area contributed by atoms with Crippen molar-refractivity contribution in [2.24, 2.45) is 0 Å². The van der Waals surface area contributed by atoms with Crippen molar-refractivity contribution in [1.82, 2.24) is 10.2 Å². The first kappa shape index (κ1) is 12.3. The summed E-state index contributed by atoms with van der Waals surface area (Å²) in [5.74, 6) is -0.204. The molecule has 0 N–H and O–H groups in total. The molecule has 0 saturated heterocycles. The Labute approximate surface area is 107 Å². The summed E-state index contributed by atoms with van der Waals surface area (Å²) in [6, 6.07) is 4.68. The summed E-state index contributed by atoms with van der Waals surface area (Å²) >= 11 is 7.25. The highest BCUT2D eigenvalue weighted by molar-refractivity contribution is 7.15. The molecule has 1 heterocycles. The van der Waals surface area contributed by atoms with E-state index in [1.54, 1.807) is 12.1 Å². The van der Waals surface area contributed by atoms with E-state index < -0.39 is 5.82 Å². The maximum Gasteiger partial charge on any atom is 0.165 e. The number of methoxy groups -OCH3 is 1. The Morgan fingerprint density at radius 1 is 1.41 bits per heavy atom. The smallest absolute Gasteiger partial charge is 0.165 e. The van der Waals surface area contributed by atoms with Gasteiger partial charge in [0.25, 0.3) is 0 Å². The topological polar surface area (TPSA) is 35.0 Å². The summed E-state index contributed by atoms with van der Waals surface area (Å²) in [5.41, 5.74) is 0.671. The van der Waals surface area contributed by atoms with Gasteiger partial charge in [-0.25, -0.2) is 4.39 Å². The summed E-state index contributed by atoms with van der Waals surface area (Å²) in [6.45, 7) is 1.82. The molecule has 1 aromatic carbocycles. The van der Waals surface area contributed by atoms with Gasteiger partial charge in [0, 0.05) is 5.56 Å². The van der Waals surface area contributed by atoms with Crippen LogP contribution >= 0.6 is 22.9 Å². The van der Waals surface area contributed by atoms with E-state index in [-0.39, 0.29) is 11.1 Å². The highest BCUT2D eigenvalue weighted by Gasteiger charge is 2.12. The second-order valence-electron chi connectivity index (χ2n) is 3.41. The van der Waals surface area contributed by atoms with Crippen LogP contribution in [0.25, 0.3) is 10.6 Å². The predicted octanol–water partition coefficient (Wildman–Crippen LogP) is 3.65. The van der Waals surface area contributed by atoms with Crippen LogP contribution in [-0.4, -0.2) is 17.3 Å². The van der Waals surface area contributed by atoms with Crippen LogP contribution in [0.4, 0.5) is 4.39 Å². The molecule has 0 spiro atoms. The maximum atomic E-state index is 13.5. The van der Waals surface area contributed by atoms with Crippen LogP contribution in [0.2, 0.25) is 0 Å². The summed E-state index contributed by atoms with van der Waals surface area (Å²) in [5, 5.41) is 9.11. The molecule has 0 radical (unpaired) electrons. The van der Waals surface area contributed by atoms with Crippen LogP contribution in [-0.2, 0) is 0 Å². The van der Waals surface area contributed by atoms with E-state index >= 15 is 0 Å². The van der Waals surface area contributed by atoms with Crippen molar-refractivity contribution in [2.75, 3.05) is 7.11 Å². The van der Waals surface area contributed by atoms with Gasteiger partial charge in [0.1, 0.15) is 10.0 Å². The molecule has 1 atom stereocenters. The molecule has 0 amide bonds. The number of ether oxygens (including phenoxy) is 1. The lowest BCUT2D eigenvalue weighted by Gasteiger charge is -2.02. The van der Waals surface area contributed by atoms with Gasteiger partial charge in [-0.1, -0.05) is 11.3 Å². The molecule has 0 aliphatic rings. The Balaban J connectivity index is 2.36. The summed E-state index contributed by atoms with van der Waals surface area (Å²) in [6.07, 6.45) is 0. The largest absolute Gasteiger partial charge is 0.494 e. The normalized spacial score (nSPS) is 12.5. The van der Waals surface area contributed by atoms with Crippen LogP contribution < -0.4 is 4.74 Å². The third-order valence-corrected chi connectivity index (χ3v) is 3.67. The van der Waals surface area contributed by atoms with Gasteiger partial charge >= 0.3 is 0 Å². The van der Waals surface area contributed by atoms with E-state index in [2.05, 4.69) is 10.2 Å². The molecule has 6 heteroatoms. The molecule has 0 aliphatic heterocycles. The Morgan fingerprint density at radius 2 is 2.18 bits per heavy atom. The van der Waals surface area contributed by atoms with Crippen molar-refractivity contribution >= 4 is 22.9 Å². The first-order valence-electron chi connectivity index (χ1n) is 4.93. The Morgan fingerprint density at radius 3 is 2.71 bits per heavy atom. The van der Waals surface area contributed by atoms with Gasteiger partial charge in [0.15, 0.2) is 11.6 Å². The minimum atomic E-state index is -0.416. The zero-order chi connectivity index (χ0) is 12.4. The third kappa shape index (κ3) is 2.56. The van der Waals surface area contributed by atoms with Crippen molar-refractivity contribution in [3.8, 4) is 16.3 Å². The summed E-state index contributed by atoms with van der Waals surface area (Å²) < 4.78 is 18.4. The number of benzene rings is 1. The molecule has 2 aromatic rings. The monoisotopic (exact) mass is 272 g/mol. The number of hydrogen-bond acceptors (Lipinski definition) is 4. The fourth-order valence-electron chi connectivity index (χ4n) is 1.31. The summed E-state index contributed by atoms with van der Waals surface area (Å²) in [4.78, 5) is 0. The SMILES string of the molecule is COc1ccc(-c2nnc(C(C)Cl)s2)cc1F. The van der Waals surface area contributed by atoms with E-state index in [1.165, 1.54) is 24.5 Å². The minimum absolute atomic E-state index is 0.190. The Hall–Kier alpha value is -1.20. The molecule has 1 aromatic heterocycles. The number of nitrogens with zero attached hydrogens (tertiary/aromatic N) is 2. The first-order chi connectivity index (χ1) is 8.11. The van der Waals surface area contributed by atoms with Gasteiger partial charge in [-0.15, -0.1) is 21.8 Å². The maximum absolute atomic E-state index is 13.5. The van der Waals surface area contributed by atoms with Crippen LogP contribution in [0.3, 0.4) is 0 Å². The van der Waals surface area contributed by atoms with Crippen molar-refractivity contribution in [1.29, 1.82) is 0 Å². The fraction of sp³-hybridized carbons (Fsp3) is 0.273. The van der Waals surface area contributed by atoms with E-state index in [1.807, 2.05) is 6.92 Å². The van der Waals surface area contributed by atoms with Gasteiger partial charge in [0.2, 0.25) is 0 Å². The highest BCUT2D eigenvalue weighted by Crippen LogP contribution is 2.31. The molecule has 0 aliphatic carbocycles. The predicted molar refractivity (Wildman–Crippen MR) is 66.1 cm³/mol. The average Bonchev–Trinajstić information content (AvgIpc) is 2.78. The van der Waals surface area contributed by atoms with E-state index in [0.29, 0.717) is 10.6 Å². The quantitative estimate of drug-likeness (QED) is 0.800. The highest BCUT2D eigenvalue weighted by atomic mass is 35.5. The van der Waals surface area contributed by atoms with Crippen molar-refractivity contribution in [2.45, 2.75) is 12.3 Å². The molecular formula is C11H10ClFN2OS. The Bertz CT molecular complexity index is 530. The van der Waals surface area contributed by atoms with Crippen LogP contribution in [0.1, 0.15) is 17.3 Å². The van der Waals surface area contributed by atoms with Crippen molar-refractivity contribution < 1.29 is 9.13 Å². The van der Waals surface area contributed by atoms with E-state index in [0.717, 1.165) is 5.01 Å². The van der Waals surface area contributed by atoms with Gasteiger partial charge in [-0.2, -0.15) is 0 Å². The van der Waals surface area contributed by atoms with E-state index in [9.17, 15) is 4.39 Å². The molecule has 3 nitrogen and oxygen atoms in total. The number of hydrogen-bond donors (Lipinski definition) is 0. The van der Waals surface area contributed by atoms with Crippen LogP contribution in [0, 0.1) is 5.82 Å². The lowest BCUT2D eigenvalue weighted by atomic mass is 10.2. The zero-order valence-electron chi connectivity index (χ0n) is 9.28. The second kappa shape index (κ2) is 4.98. The molecule has 0 saturated carbocycles. The Kier molecular flexibility index (Phi) is 3.59. The molecule has 17 heavy (non-hydrogen) atoms. The molecular weight excluding hydrogens is 263 g/mol. The standard InChI is InChI=1S/C11H10ClFN2OS/c1-6(12)10-14-15-11(17-10)7-3-4-9(16-2)8(13)5-7/h3-6H,1-2H3. The number of aromatic nitrogens is 2. The van der Waals surface area contributed by atoms with E-state index in [4.69, 9.17) is 16.3 Å². The lowest BCUT2D eigenvalue weighted by Crippen LogP contribution is -1.88. The number of alkyl halides is 1. The minimum Gasteiger partial charge on any atom is -0.494 e. The van der Waals surface area contributed by atoms with Crippen LogP contribution in [0.5, 0.6) is 5.75 Å². The average molecular weight is 273 g/mol. The van der Waals surface area contributed by atoms with Gasteiger partial charge in [-0.3, -0.25) is 0 Å². The number of halogens is 2. The molecule has 0 bridgehead atoms. The summed E-state index contributed by atoms with van der Waals surface area (Å²) in [7, 11) is 1.43. The molecule has 1 unspecified atom stereocenters. The lowest BCUT2D eigenvalue weighted by molar-refractivity contribution is 0.386. The van der Waals surface area contributed by atoms with Gasteiger partial charge < -0.3 is 4.74 Å². The molecule has 2 rings (SSSR count). The van der Waals surface area contributed by atoms with Crippen LogP contribution in [0.15, 0.2) is 18.2 Å².